The monoisotopic (exact) mass is 412 g/mol. The Balaban J connectivity index is 1.48. The molecule has 1 amide bonds. The van der Waals surface area contributed by atoms with Crippen molar-refractivity contribution in [3.63, 3.8) is 0 Å². The van der Waals surface area contributed by atoms with Crippen molar-refractivity contribution in [2.24, 2.45) is 23.7 Å². The van der Waals surface area contributed by atoms with Gasteiger partial charge in [-0.2, -0.15) is 4.72 Å². The highest BCUT2D eigenvalue weighted by Gasteiger charge is 2.49. The zero-order valence-electron chi connectivity index (χ0n) is 16.0. The van der Waals surface area contributed by atoms with Crippen LogP contribution >= 0.6 is 0 Å². The number of carbonyl (C=O) groups is 1. The standard InChI is InChI=1S/C20H26F2N2O3S/c1-20(2,24-28(26,27)17-10-15(21)3-4-16(17)22)19(25)23-18-13-6-11-5-12(8-13)9-14(18)7-11/h3-4,10-14,18,24H,5-9H2,1-2H3,(H,23,25). The molecule has 4 saturated carbocycles. The van der Waals surface area contributed by atoms with Crippen LogP contribution in [0.3, 0.4) is 0 Å². The zero-order chi connectivity index (χ0) is 20.3. The highest BCUT2D eigenvalue weighted by Crippen LogP contribution is 2.53. The summed E-state index contributed by atoms with van der Waals surface area (Å²) in [5.74, 6) is 0.0620. The number of nitrogens with one attached hydrogen (secondary N) is 2. The summed E-state index contributed by atoms with van der Waals surface area (Å²) < 4.78 is 54.7. The molecule has 154 valence electrons. The fourth-order valence-corrected chi connectivity index (χ4v) is 7.08. The lowest BCUT2D eigenvalue weighted by atomic mass is 9.54. The number of hydrogen-bond acceptors (Lipinski definition) is 3. The van der Waals surface area contributed by atoms with Crippen LogP contribution < -0.4 is 10.0 Å². The van der Waals surface area contributed by atoms with Crippen molar-refractivity contribution in [3.8, 4) is 0 Å². The largest absolute Gasteiger partial charge is 0.351 e. The highest BCUT2D eigenvalue weighted by molar-refractivity contribution is 7.89. The predicted molar refractivity (Wildman–Crippen MR) is 99.7 cm³/mol. The second kappa shape index (κ2) is 6.76. The molecule has 4 aliphatic rings. The molecule has 0 saturated heterocycles. The minimum Gasteiger partial charge on any atom is -0.351 e. The van der Waals surface area contributed by atoms with Gasteiger partial charge in [-0.3, -0.25) is 4.79 Å². The van der Waals surface area contributed by atoms with E-state index in [1.54, 1.807) is 0 Å². The zero-order valence-corrected chi connectivity index (χ0v) is 16.9. The topological polar surface area (TPSA) is 75.3 Å². The molecule has 5 nitrogen and oxygen atoms in total. The van der Waals surface area contributed by atoms with Crippen molar-refractivity contribution >= 4 is 15.9 Å². The maximum Gasteiger partial charge on any atom is 0.244 e. The molecule has 0 aromatic heterocycles. The quantitative estimate of drug-likeness (QED) is 0.781. The molecule has 28 heavy (non-hydrogen) atoms. The first kappa shape index (κ1) is 19.8. The summed E-state index contributed by atoms with van der Waals surface area (Å²) in [6.07, 6.45) is 5.80. The van der Waals surface area contributed by atoms with E-state index in [1.165, 1.54) is 20.3 Å². The van der Waals surface area contributed by atoms with Crippen LogP contribution in [0, 0.1) is 35.3 Å². The van der Waals surface area contributed by atoms with E-state index >= 15 is 0 Å². The summed E-state index contributed by atoms with van der Waals surface area (Å²) >= 11 is 0. The summed E-state index contributed by atoms with van der Waals surface area (Å²) in [7, 11) is -4.40. The molecule has 0 radical (unpaired) electrons. The lowest BCUT2D eigenvalue weighted by molar-refractivity contribution is -0.129. The van der Waals surface area contributed by atoms with Crippen LogP contribution in [-0.4, -0.2) is 25.9 Å². The fraction of sp³-hybridized carbons (Fsp3) is 0.650. The third kappa shape index (κ3) is 3.56. The molecule has 1 aromatic carbocycles. The maximum absolute atomic E-state index is 13.9. The van der Waals surface area contributed by atoms with Gasteiger partial charge in [0, 0.05) is 6.04 Å². The van der Waals surface area contributed by atoms with Crippen molar-refractivity contribution < 1.29 is 22.0 Å². The molecule has 4 fully saturated rings. The summed E-state index contributed by atoms with van der Waals surface area (Å²) in [4.78, 5) is 12.1. The van der Waals surface area contributed by atoms with E-state index in [4.69, 9.17) is 0 Å². The van der Waals surface area contributed by atoms with Crippen LogP contribution in [0.25, 0.3) is 0 Å². The Morgan fingerprint density at radius 3 is 2.18 bits per heavy atom. The van der Waals surface area contributed by atoms with E-state index in [0.717, 1.165) is 49.7 Å². The van der Waals surface area contributed by atoms with Gasteiger partial charge in [0.05, 0.1) is 0 Å². The molecule has 0 aliphatic heterocycles. The Bertz CT molecular complexity index is 873. The van der Waals surface area contributed by atoms with E-state index in [0.29, 0.717) is 17.9 Å². The first-order valence-electron chi connectivity index (χ1n) is 9.85. The Morgan fingerprint density at radius 1 is 1.04 bits per heavy atom. The van der Waals surface area contributed by atoms with Crippen LogP contribution in [0.5, 0.6) is 0 Å². The molecule has 0 heterocycles. The number of carbonyl (C=O) groups excluding carboxylic acids is 1. The van der Waals surface area contributed by atoms with E-state index in [1.807, 2.05) is 0 Å². The number of halogens is 2. The van der Waals surface area contributed by atoms with Gasteiger partial charge < -0.3 is 5.32 Å². The van der Waals surface area contributed by atoms with Gasteiger partial charge in [0.2, 0.25) is 15.9 Å². The minimum atomic E-state index is -4.40. The molecule has 1 aromatic rings. The molecule has 4 bridgehead atoms. The fourth-order valence-electron chi connectivity index (χ4n) is 5.61. The number of hydrogen-bond donors (Lipinski definition) is 2. The van der Waals surface area contributed by atoms with Crippen molar-refractivity contribution in [3.05, 3.63) is 29.8 Å². The summed E-state index contributed by atoms with van der Waals surface area (Å²) in [6.45, 7) is 2.88. The number of benzene rings is 1. The smallest absolute Gasteiger partial charge is 0.244 e. The second-order valence-electron chi connectivity index (χ2n) is 9.24. The lowest BCUT2D eigenvalue weighted by Gasteiger charge is -2.54. The number of sulfonamides is 1. The normalized spacial score (nSPS) is 31.8. The molecule has 2 N–H and O–H groups in total. The number of amides is 1. The molecule has 5 rings (SSSR count). The average Bonchev–Trinajstić information content (AvgIpc) is 2.58. The molecule has 0 unspecified atom stereocenters. The van der Waals surface area contributed by atoms with E-state index in [9.17, 15) is 22.0 Å². The molecular weight excluding hydrogens is 386 g/mol. The lowest BCUT2D eigenvalue weighted by Crippen LogP contribution is -2.62. The predicted octanol–water partition coefficient (Wildman–Crippen LogP) is 2.96. The SMILES string of the molecule is CC(C)(NS(=O)(=O)c1cc(F)ccc1F)C(=O)NC1C2CC3CC(C2)CC1C3. The second-order valence-corrected chi connectivity index (χ2v) is 10.9. The van der Waals surface area contributed by atoms with Crippen LogP contribution in [0.2, 0.25) is 0 Å². The van der Waals surface area contributed by atoms with Gasteiger partial charge in [0.1, 0.15) is 22.1 Å². The molecule has 4 aliphatic carbocycles. The number of rotatable bonds is 5. The first-order valence-corrected chi connectivity index (χ1v) is 11.3. The van der Waals surface area contributed by atoms with Gasteiger partial charge in [-0.1, -0.05) is 0 Å². The summed E-state index contributed by atoms with van der Waals surface area (Å²) in [5.41, 5.74) is -1.49. The molecular formula is C20H26F2N2O3S. The van der Waals surface area contributed by atoms with Crippen molar-refractivity contribution in [2.75, 3.05) is 0 Å². The Kier molecular flexibility index (Phi) is 4.77. The summed E-state index contributed by atoms with van der Waals surface area (Å²) in [5, 5.41) is 3.07. The van der Waals surface area contributed by atoms with Crippen LogP contribution in [0.1, 0.15) is 46.0 Å². The molecule has 0 atom stereocenters. The van der Waals surface area contributed by atoms with E-state index in [2.05, 4.69) is 10.0 Å². The van der Waals surface area contributed by atoms with Gasteiger partial charge in [0.25, 0.3) is 0 Å². The third-order valence-electron chi connectivity index (χ3n) is 6.66. The Hall–Kier alpha value is -1.54. The average molecular weight is 413 g/mol. The Morgan fingerprint density at radius 2 is 1.61 bits per heavy atom. The van der Waals surface area contributed by atoms with Gasteiger partial charge in [-0.25, -0.2) is 17.2 Å². The van der Waals surface area contributed by atoms with Crippen molar-refractivity contribution in [1.82, 2.24) is 10.0 Å². The van der Waals surface area contributed by atoms with E-state index < -0.39 is 38.0 Å². The first-order chi connectivity index (χ1) is 13.0. The van der Waals surface area contributed by atoms with Gasteiger partial charge in [0.15, 0.2) is 0 Å². The molecule has 8 heteroatoms. The minimum absolute atomic E-state index is 0.0648. The van der Waals surface area contributed by atoms with Crippen LogP contribution in [-0.2, 0) is 14.8 Å². The summed E-state index contributed by atoms with van der Waals surface area (Å²) in [6, 6.07) is 2.28. The van der Waals surface area contributed by atoms with Gasteiger partial charge in [-0.05, 0) is 87.8 Å². The van der Waals surface area contributed by atoms with Crippen LogP contribution in [0.4, 0.5) is 8.78 Å². The molecule has 0 spiro atoms. The Labute approximate surface area is 164 Å². The van der Waals surface area contributed by atoms with Gasteiger partial charge >= 0.3 is 0 Å². The van der Waals surface area contributed by atoms with E-state index in [-0.39, 0.29) is 6.04 Å². The third-order valence-corrected chi connectivity index (χ3v) is 8.34. The van der Waals surface area contributed by atoms with Crippen molar-refractivity contribution in [1.29, 1.82) is 0 Å². The van der Waals surface area contributed by atoms with Gasteiger partial charge in [-0.15, -0.1) is 0 Å². The van der Waals surface area contributed by atoms with Crippen LogP contribution in [0.15, 0.2) is 23.1 Å². The maximum atomic E-state index is 13.9. The highest BCUT2D eigenvalue weighted by atomic mass is 32.2. The van der Waals surface area contributed by atoms with Crippen molar-refractivity contribution in [2.45, 2.75) is 62.4 Å².